The van der Waals surface area contributed by atoms with Gasteiger partial charge in [-0.25, -0.2) is 4.98 Å². The fraction of sp³-hybridized carbons (Fsp3) is 0.714. The van der Waals surface area contributed by atoms with Crippen LogP contribution in [0.4, 0.5) is 0 Å². The minimum atomic E-state index is -0.125. The molecule has 1 aromatic rings. The van der Waals surface area contributed by atoms with E-state index in [4.69, 9.17) is 16.3 Å². The number of esters is 1. The van der Waals surface area contributed by atoms with Gasteiger partial charge in [-0.05, 0) is 62.3 Å². The Kier molecular flexibility index (Phi) is 6.75. The fourth-order valence-electron chi connectivity index (χ4n) is 4.79. The molecule has 0 spiro atoms. The van der Waals surface area contributed by atoms with E-state index in [-0.39, 0.29) is 11.9 Å². The van der Waals surface area contributed by atoms with E-state index in [1.807, 2.05) is 0 Å². The second kappa shape index (κ2) is 9.02. The first kappa shape index (κ1) is 18.7. The van der Waals surface area contributed by atoms with Crippen molar-refractivity contribution in [3.8, 4) is 5.88 Å². The zero-order valence-electron chi connectivity index (χ0n) is 15.3. The summed E-state index contributed by atoms with van der Waals surface area (Å²) in [7, 11) is 0. The highest BCUT2D eigenvalue weighted by Gasteiger charge is 2.33. The van der Waals surface area contributed by atoms with Gasteiger partial charge in [0.15, 0.2) is 0 Å². The average molecular weight is 364 g/mol. The molecule has 0 atom stereocenters. The highest BCUT2D eigenvalue weighted by atomic mass is 35.5. The number of carbonyl (C=O) groups is 1. The Hall–Kier alpha value is -1.09. The zero-order chi connectivity index (χ0) is 17.6. The summed E-state index contributed by atoms with van der Waals surface area (Å²) >= 11 is 5.81. The van der Waals surface area contributed by atoms with Crippen LogP contribution >= 0.6 is 11.6 Å². The molecule has 3 rings (SSSR count). The van der Waals surface area contributed by atoms with E-state index in [9.17, 15) is 4.79 Å². The van der Waals surface area contributed by atoms with Gasteiger partial charge in [0, 0.05) is 12.3 Å². The lowest BCUT2D eigenvalue weighted by molar-refractivity contribution is -0.140. The molecule has 1 heterocycles. The molecule has 0 amide bonds. The van der Waals surface area contributed by atoms with E-state index in [0.29, 0.717) is 10.9 Å². The molecular formula is C21H30ClNO2. The number of aromatic nitrogens is 1. The Labute approximate surface area is 156 Å². The number of hydrogen-bond donors (Lipinski definition) is 0. The lowest BCUT2D eigenvalue weighted by Gasteiger charge is -2.37. The van der Waals surface area contributed by atoms with Crippen molar-refractivity contribution in [2.24, 2.45) is 23.7 Å². The summed E-state index contributed by atoms with van der Waals surface area (Å²) in [6, 6.07) is 3.35. The predicted octanol–water partition coefficient (Wildman–Crippen LogP) is 6.05. The largest absolute Gasteiger partial charge is 0.407 e. The van der Waals surface area contributed by atoms with Crippen molar-refractivity contribution >= 4 is 17.6 Å². The standard InChI is InChI=1S/C21H30ClNO2/c1-2-3-15-4-6-16(7-5-15)17-8-10-18(11-9-17)21(24)25-20-13-12-19(22)14-23-20/h12-18H,2-11H2,1H3. The molecule has 0 saturated heterocycles. The first-order chi connectivity index (χ1) is 12.2. The Balaban J connectivity index is 1.42. The van der Waals surface area contributed by atoms with Crippen LogP contribution < -0.4 is 4.74 Å². The summed E-state index contributed by atoms with van der Waals surface area (Å²) in [6.07, 6.45) is 14.2. The van der Waals surface area contributed by atoms with Crippen molar-refractivity contribution in [3.63, 3.8) is 0 Å². The van der Waals surface area contributed by atoms with Crippen LogP contribution in [-0.2, 0) is 4.79 Å². The lowest BCUT2D eigenvalue weighted by Crippen LogP contribution is -2.30. The van der Waals surface area contributed by atoms with Gasteiger partial charge >= 0.3 is 5.97 Å². The summed E-state index contributed by atoms with van der Waals surface area (Å²) in [6.45, 7) is 2.30. The van der Waals surface area contributed by atoms with Crippen molar-refractivity contribution in [1.29, 1.82) is 0 Å². The highest BCUT2D eigenvalue weighted by molar-refractivity contribution is 6.30. The van der Waals surface area contributed by atoms with Crippen molar-refractivity contribution in [3.05, 3.63) is 23.4 Å². The van der Waals surface area contributed by atoms with Gasteiger partial charge in [0.05, 0.1) is 10.9 Å². The van der Waals surface area contributed by atoms with E-state index >= 15 is 0 Å². The Bertz CT molecular complexity index is 544. The van der Waals surface area contributed by atoms with Gasteiger partial charge in [-0.3, -0.25) is 4.79 Å². The van der Waals surface area contributed by atoms with Crippen molar-refractivity contribution in [2.45, 2.75) is 71.1 Å². The molecule has 2 aliphatic rings. The van der Waals surface area contributed by atoms with Gasteiger partial charge in [-0.15, -0.1) is 0 Å². The van der Waals surface area contributed by atoms with Gasteiger partial charge in [0.2, 0.25) is 5.88 Å². The van der Waals surface area contributed by atoms with E-state index in [0.717, 1.165) is 30.6 Å². The molecular weight excluding hydrogens is 334 g/mol. The van der Waals surface area contributed by atoms with E-state index in [1.54, 1.807) is 12.1 Å². The Morgan fingerprint density at radius 3 is 2.28 bits per heavy atom. The topological polar surface area (TPSA) is 39.2 Å². The quantitative estimate of drug-likeness (QED) is 0.597. The molecule has 3 nitrogen and oxygen atoms in total. The first-order valence-corrected chi connectivity index (χ1v) is 10.4. The summed E-state index contributed by atoms with van der Waals surface area (Å²) < 4.78 is 5.42. The maximum atomic E-state index is 12.4. The number of nitrogens with zero attached hydrogens (tertiary/aromatic N) is 1. The molecule has 0 aliphatic heterocycles. The molecule has 0 bridgehead atoms. The van der Waals surface area contributed by atoms with Gasteiger partial charge in [-0.1, -0.05) is 44.2 Å². The molecule has 0 unspecified atom stereocenters. The number of rotatable bonds is 5. The number of carbonyl (C=O) groups excluding carboxylic acids is 1. The molecule has 2 aliphatic carbocycles. The Morgan fingerprint density at radius 1 is 1.08 bits per heavy atom. The van der Waals surface area contributed by atoms with Crippen molar-refractivity contribution in [2.75, 3.05) is 0 Å². The van der Waals surface area contributed by atoms with Crippen LogP contribution in [0, 0.1) is 23.7 Å². The molecule has 2 fully saturated rings. The highest BCUT2D eigenvalue weighted by Crippen LogP contribution is 2.42. The molecule has 0 radical (unpaired) electrons. The fourth-order valence-corrected chi connectivity index (χ4v) is 4.90. The van der Waals surface area contributed by atoms with E-state index in [1.165, 1.54) is 57.6 Å². The third-order valence-corrected chi connectivity index (χ3v) is 6.49. The third kappa shape index (κ3) is 5.20. The molecule has 2 saturated carbocycles. The number of ether oxygens (including phenoxy) is 1. The van der Waals surface area contributed by atoms with Crippen LogP contribution in [0.2, 0.25) is 5.02 Å². The van der Waals surface area contributed by atoms with Crippen LogP contribution in [-0.4, -0.2) is 11.0 Å². The normalized spacial score (nSPS) is 30.0. The second-order valence-electron chi connectivity index (χ2n) is 7.92. The molecule has 138 valence electrons. The van der Waals surface area contributed by atoms with Gasteiger partial charge in [0.25, 0.3) is 0 Å². The number of hydrogen-bond acceptors (Lipinski definition) is 3. The molecule has 4 heteroatoms. The number of pyridine rings is 1. The summed E-state index contributed by atoms with van der Waals surface area (Å²) in [4.78, 5) is 16.4. The molecule has 0 N–H and O–H groups in total. The maximum absolute atomic E-state index is 12.4. The van der Waals surface area contributed by atoms with Crippen LogP contribution in [0.5, 0.6) is 5.88 Å². The van der Waals surface area contributed by atoms with Crippen LogP contribution in [0.15, 0.2) is 18.3 Å². The Morgan fingerprint density at radius 2 is 1.72 bits per heavy atom. The van der Waals surface area contributed by atoms with E-state index in [2.05, 4.69) is 11.9 Å². The minimum absolute atomic E-state index is 0.0326. The summed E-state index contributed by atoms with van der Waals surface area (Å²) in [5.74, 6) is 2.94. The lowest BCUT2D eigenvalue weighted by atomic mass is 9.69. The molecule has 1 aromatic heterocycles. The van der Waals surface area contributed by atoms with Gasteiger partial charge in [-0.2, -0.15) is 0 Å². The van der Waals surface area contributed by atoms with Crippen molar-refractivity contribution < 1.29 is 9.53 Å². The smallest absolute Gasteiger partial charge is 0.315 e. The molecule has 0 aromatic carbocycles. The predicted molar refractivity (Wildman–Crippen MR) is 101 cm³/mol. The monoisotopic (exact) mass is 363 g/mol. The third-order valence-electron chi connectivity index (χ3n) is 6.27. The van der Waals surface area contributed by atoms with Crippen LogP contribution in [0.3, 0.4) is 0 Å². The first-order valence-electron chi connectivity index (χ1n) is 9.99. The van der Waals surface area contributed by atoms with Gasteiger partial charge < -0.3 is 4.74 Å². The van der Waals surface area contributed by atoms with Crippen LogP contribution in [0.25, 0.3) is 0 Å². The van der Waals surface area contributed by atoms with E-state index < -0.39 is 0 Å². The zero-order valence-corrected chi connectivity index (χ0v) is 16.0. The maximum Gasteiger partial charge on any atom is 0.315 e. The van der Waals surface area contributed by atoms with Crippen molar-refractivity contribution in [1.82, 2.24) is 4.98 Å². The minimum Gasteiger partial charge on any atom is -0.407 e. The molecule has 25 heavy (non-hydrogen) atoms. The average Bonchev–Trinajstić information content (AvgIpc) is 2.65. The SMILES string of the molecule is CCCC1CCC(C2CCC(C(=O)Oc3ccc(Cl)cn3)CC2)CC1. The number of halogens is 1. The van der Waals surface area contributed by atoms with Crippen LogP contribution in [0.1, 0.15) is 71.1 Å². The van der Waals surface area contributed by atoms with Gasteiger partial charge in [0.1, 0.15) is 0 Å². The summed E-state index contributed by atoms with van der Waals surface area (Å²) in [5, 5.41) is 0.550. The summed E-state index contributed by atoms with van der Waals surface area (Å²) in [5.41, 5.74) is 0. The second-order valence-corrected chi connectivity index (χ2v) is 8.35.